The van der Waals surface area contributed by atoms with E-state index < -0.39 is 0 Å². The van der Waals surface area contributed by atoms with E-state index in [0.29, 0.717) is 0 Å². The first-order valence-corrected chi connectivity index (χ1v) is 9.28. The second kappa shape index (κ2) is 7.66. The van der Waals surface area contributed by atoms with E-state index in [1.165, 1.54) is 38.5 Å². The fraction of sp³-hybridized carbons (Fsp3) is 0.727. The van der Waals surface area contributed by atoms with Crippen LogP contribution in [0.1, 0.15) is 103 Å². The van der Waals surface area contributed by atoms with Crippen molar-refractivity contribution in [2.75, 3.05) is 0 Å². The minimum Gasteiger partial charge on any atom is -0.0654 e. The van der Waals surface area contributed by atoms with Crippen LogP contribution in [0.5, 0.6) is 0 Å². The predicted molar refractivity (Wildman–Crippen MR) is 101 cm³/mol. The summed E-state index contributed by atoms with van der Waals surface area (Å²) >= 11 is 0. The van der Waals surface area contributed by atoms with Crippen LogP contribution in [0.2, 0.25) is 0 Å². The van der Waals surface area contributed by atoms with Crippen LogP contribution in [0.3, 0.4) is 0 Å². The van der Waals surface area contributed by atoms with Crippen LogP contribution in [0.4, 0.5) is 0 Å². The maximum absolute atomic E-state index is 2.54. The fourth-order valence-corrected chi connectivity index (χ4v) is 3.23. The summed E-state index contributed by atoms with van der Waals surface area (Å²) in [6.07, 6.45) is 7.57. The molecule has 1 aromatic carbocycles. The summed E-state index contributed by atoms with van der Waals surface area (Å²) in [6, 6.07) is 5.09. The Morgan fingerprint density at radius 1 is 0.636 bits per heavy atom. The van der Waals surface area contributed by atoms with E-state index in [-0.39, 0.29) is 10.8 Å². The molecule has 0 amide bonds. The maximum Gasteiger partial charge on any atom is -0.0129 e. The van der Waals surface area contributed by atoms with Crippen LogP contribution < -0.4 is 0 Å². The number of hydrogen-bond acceptors (Lipinski definition) is 0. The van der Waals surface area contributed by atoms with Crippen molar-refractivity contribution in [1.82, 2.24) is 0 Å². The lowest BCUT2D eigenvalue weighted by atomic mass is 9.75. The summed E-state index contributed by atoms with van der Waals surface area (Å²) in [5.74, 6) is 0. The molecule has 1 rings (SSSR count). The molecule has 0 aliphatic rings. The Bertz CT molecular complexity index is 420. The molecule has 0 heterocycles. The molecule has 0 spiro atoms. The zero-order valence-electron chi connectivity index (χ0n) is 16.4. The minimum absolute atomic E-state index is 0.237. The normalized spacial score (nSPS) is 12.7. The lowest BCUT2D eigenvalue weighted by molar-refractivity contribution is 0.559. The molecule has 22 heavy (non-hydrogen) atoms. The van der Waals surface area contributed by atoms with Crippen LogP contribution in [0.25, 0.3) is 0 Å². The van der Waals surface area contributed by atoms with Crippen LogP contribution >= 0.6 is 0 Å². The van der Waals surface area contributed by atoms with Crippen molar-refractivity contribution in [3.8, 4) is 0 Å². The second-order valence-electron chi connectivity index (χ2n) is 8.87. The van der Waals surface area contributed by atoms with Crippen molar-refractivity contribution in [1.29, 1.82) is 0 Å². The van der Waals surface area contributed by atoms with Crippen molar-refractivity contribution in [3.63, 3.8) is 0 Å². The second-order valence-corrected chi connectivity index (χ2v) is 8.87. The molecule has 126 valence electrons. The summed E-state index contributed by atoms with van der Waals surface area (Å²) in [4.78, 5) is 0. The molecule has 0 nitrogen and oxygen atoms in total. The van der Waals surface area contributed by atoms with Gasteiger partial charge in [0.2, 0.25) is 0 Å². The molecule has 0 aromatic heterocycles. The summed E-state index contributed by atoms with van der Waals surface area (Å²) in [5.41, 5.74) is 6.78. The Balaban J connectivity index is 3.42. The van der Waals surface area contributed by atoms with E-state index in [9.17, 15) is 0 Å². The van der Waals surface area contributed by atoms with Gasteiger partial charge in [-0.1, -0.05) is 80.4 Å². The lowest BCUT2D eigenvalue weighted by Gasteiger charge is -2.30. The summed E-state index contributed by atoms with van der Waals surface area (Å²) in [6.45, 7) is 18.7. The molecule has 0 heteroatoms. The minimum atomic E-state index is 0.237. The van der Waals surface area contributed by atoms with Gasteiger partial charge < -0.3 is 0 Å². The zero-order chi connectivity index (χ0) is 17.0. The van der Waals surface area contributed by atoms with E-state index in [0.717, 1.165) is 0 Å². The topological polar surface area (TPSA) is 0 Å². The third-order valence-corrected chi connectivity index (χ3v) is 4.54. The van der Waals surface area contributed by atoms with Gasteiger partial charge >= 0.3 is 0 Å². The molecule has 0 atom stereocenters. The average molecular weight is 303 g/mol. The van der Waals surface area contributed by atoms with Gasteiger partial charge in [-0.3, -0.25) is 0 Å². The zero-order valence-corrected chi connectivity index (χ0v) is 16.4. The van der Waals surface area contributed by atoms with Gasteiger partial charge in [-0.2, -0.15) is 0 Å². The van der Waals surface area contributed by atoms with Gasteiger partial charge in [0.15, 0.2) is 0 Å². The Labute approximate surface area is 139 Å². The van der Waals surface area contributed by atoms with Gasteiger partial charge in [0.1, 0.15) is 0 Å². The lowest BCUT2D eigenvalue weighted by Crippen LogP contribution is -2.20. The Morgan fingerprint density at radius 2 is 0.955 bits per heavy atom. The molecule has 0 bridgehead atoms. The van der Waals surface area contributed by atoms with E-state index in [4.69, 9.17) is 0 Å². The molecule has 0 saturated carbocycles. The number of aryl methyl sites for hydroxylation is 2. The van der Waals surface area contributed by atoms with Gasteiger partial charge in [0.25, 0.3) is 0 Å². The Hall–Kier alpha value is -0.780. The number of rotatable bonds is 6. The van der Waals surface area contributed by atoms with E-state index in [1.54, 1.807) is 22.3 Å². The number of hydrogen-bond donors (Lipinski definition) is 0. The summed E-state index contributed by atoms with van der Waals surface area (Å²) in [7, 11) is 0. The number of benzene rings is 1. The van der Waals surface area contributed by atoms with E-state index in [1.807, 2.05) is 0 Å². The molecule has 0 N–H and O–H groups in total. The monoisotopic (exact) mass is 302 g/mol. The van der Waals surface area contributed by atoms with Crippen LogP contribution in [-0.2, 0) is 23.7 Å². The molecule has 0 unspecified atom stereocenters. The molecular formula is C22H38. The largest absolute Gasteiger partial charge is 0.0654 e. The average Bonchev–Trinajstić information content (AvgIpc) is 2.40. The highest BCUT2D eigenvalue weighted by Gasteiger charge is 2.24. The van der Waals surface area contributed by atoms with Gasteiger partial charge in [-0.15, -0.1) is 0 Å². The SMILES string of the molecule is CCCCc1cc(C(C)(C)C)c(CCCC)cc1C(C)(C)C. The molecule has 1 aromatic rings. The maximum atomic E-state index is 2.54. The van der Waals surface area contributed by atoms with Gasteiger partial charge in [-0.05, 0) is 58.8 Å². The highest BCUT2D eigenvalue weighted by Crippen LogP contribution is 2.35. The van der Waals surface area contributed by atoms with Crippen molar-refractivity contribution < 1.29 is 0 Å². The quantitative estimate of drug-likeness (QED) is 0.532. The van der Waals surface area contributed by atoms with Gasteiger partial charge in [0, 0.05) is 0 Å². The predicted octanol–water partition coefficient (Wildman–Crippen LogP) is 6.97. The molecule has 0 aliphatic carbocycles. The van der Waals surface area contributed by atoms with Crippen LogP contribution in [0.15, 0.2) is 12.1 Å². The fourth-order valence-electron chi connectivity index (χ4n) is 3.23. The highest BCUT2D eigenvalue weighted by molar-refractivity contribution is 5.44. The molecule has 0 aliphatic heterocycles. The third kappa shape index (κ3) is 5.14. The van der Waals surface area contributed by atoms with Crippen LogP contribution in [-0.4, -0.2) is 0 Å². The molecule has 0 radical (unpaired) electrons. The van der Waals surface area contributed by atoms with Crippen molar-refractivity contribution >= 4 is 0 Å². The van der Waals surface area contributed by atoms with Gasteiger partial charge in [-0.25, -0.2) is 0 Å². The first-order chi connectivity index (χ1) is 10.1. The van der Waals surface area contributed by atoms with Gasteiger partial charge in [0.05, 0.1) is 0 Å². The molecular weight excluding hydrogens is 264 g/mol. The first-order valence-electron chi connectivity index (χ1n) is 9.28. The summed E-state index contributed by atoms with van der Waals surface area (Å²) < 4.78 is 0. The smallest absolute Gasteiger partial charge is 0.0129 e. The van der Waals surface area contributed by atoms with Crippen molar-refractivity contribution in [3.05, 3.63) is 34.4 Å². The molecule has 0 fully saturated rings. The van der Waals surface area contributed by atoms with Crippen LogP contribution in [0, 0.1) is 0 Å². The first kappa shape index (κ1) is 19.3. The molecule has 0 saturated heterocycles. The number of unbranched alkanes of at least 4 members (excludes halogenated alkanes) is 2. The Morgan fingerprint density at radius 3 is 1.18 bits per heavy atom. The standard InChI is InChI=1S/C22H38/c1-9-11-13-17-15-20(22(6,7)8)18(14-12-10-2)16-19(17)21(3,4)5/h15-16H,9-14H2,1-8H3. The van der Waals surface area contributed by atoms with E-state index in [2.05, 4.69) is 67.5 Å². The van der Waals surface area contributed by atoms with Crippen molar-refractivity contribution in [2.24, 2.45) is 0 Å². The third-order valence-electron chi connectivity index (χ3n) is 4.54. The van der Waals surface area contributed by atoms with E-state index >= 15 is 0 Å². The Kier molecular flexibility index (Phi) is 6.71. The van der Waals surface area contributed by atoms with Crippen molar-refractivity contribution in [2.45, 2.75) is 105 Å². The highest BCUT2D eigenvalue weighted by atomic mass is 14.3. The summed E-state index contributed by atoms with van der Waals surface area (Å²) in [5, 5.41) is 0.